The molecule has 0 aromatic heterocycles. The van der Waals surface area contributed by atoms with Crippen LogP contribution in [0.5, 0.6) is 0 Å². The van der Waals surface area contributed by atoms with Crippen molar-refractivity contribution >= 4 is 57.8 Å². The number of cyclic esters (lactones) is 1. The molecule has 16 nitrogen and oxygen atoms in total. The van der Waals surface area contributed by atoms with Crippen LogP contribution in [0, 0.1) is 35.5 Å². The van der Waals surface area contributed by atoms with Gasteiger partial charge in [-0.1, -0.05) is 93.7 Å². The zero-order valence-electron chi connectivity index (χ0n) is 43.1. The summed E-state index contributed by atoms with van der Waals surface area (Å²) in [5.41, 5.74) is 1.27. The highest BCUT2D eigenvalue weighted by molar-refractivity contribution is 14.1. The molecule has 2 bridgehead atoms. The minimum atomic E-state index is -2.43. The number of carboxylic acids is 1. The van der Waals surface area contributed by atoms with Crippen molar-refractivity contribution in [1.82, 2.24) is 4.90 Å². The lowest BCUT2D eigenvalue weighted by atomic mass is 9.78. The third kappa shape index (κ3) is 17.5. The molecule has 0 unspecified atom stereocenters. The van der Waals surface area contributed by atoms with Crippen molar-refractivity contribution in [2.24, 2.45) is 35.5 Å². The molecule has 4 N–H and O–H groups in total. The number of allylic oxidation sites excluding steroid dienone is 6. The molecule has 0 radical (unpaired) electrons. The highest BCUT2D eigenvalue weighted by Crippen LogP contribution is 2.38. The number of aliphatic carboxylic acids is 1. The number of carbonyl (C=O) groups excluding carboxylic acids is 5. The Hall–Kier alpha value is -3.17. The second kappa shape index (κ2) is 29.5. The summed E-state index contributed by atoms with van der Waals surface area (Å²) >= 11 is 1.78. The lowest BCUT2D eigenvalue weighted by molar-refractivity contribution is -0.265. The van der Waals surface area contributed by atoms with E-state index in [2.05, 4.69) is 0 Å². The first-order valence-corrected chi connectivity index (χ1v) is 26.5. The Kier molecular flexibility index (Phi) is 25.8. The molecule has 17 heteroatoms. The van der Waals surface area contributed by atoms with Crippen LogP contribution >= 0.6 is 22.6 Å². The van der Waals surface area contributed by atoms with Crippen LogP contribution in [0.4, 0.5) is 0 Å². The standard InChI is InChI=1S/C51H79NO13.C2H3IO2/c1-30-16-12-11-13-17-31(2)42(61-8)28-38-21-19-36(7)51(60,65-38)48(57)49(58)52-23-15-14-18-39(52)50(59)64-43(33(4)26-37-20-22-40(53)44(27-37)62-9)29-41(54)32(3)25-35(6)46(56)47(63-10)45(55)34(5)24-30;3-1-2(4)5/h11-13,16-17,25,30,32-34,36-40,42-44,46-47,53,56,60H,14-15,18-24,26-29H2,1-10H3;1H2,(H,4,5)/b13-11?,16-12+,31-17?,35-25+;/t30-,32-,33-,34-,36-,37+,38+,39+,40-,42+,43+,44-,46-,47+,51-;/m1./s1. The first-order valence-electron chi connectivity index (χ1n) is 25.0. The Balaban J connectivity index is 0.00000246. The van der Waals surface area contributed by atoms with E-state index in [1.807, 2.05) is 58.1 Å². The van der Waals surface area contributed by atoms with Crippen LogP contribution in [0.1, 0.15) is 126 Å². The van der Waals surface area contributed by atoms with Gasteiger partial charge in [0.15, 0.2) is 5.78 Å². The number of rotatable bonds is 7. The summed E-state index contributed by atoms with van der Waals surface area (Å²) in [6.07, 6.45) is 11.2. The number of nitrogens with zero attached hydrogens (tertiary/aromatic N) is 1. The number of carboxylic acid groups (broad SMARTS) is 1. The number of fused-ring (bicyclic) bond motifs is 3. The highest BCUT2D eigenvalue weighted by Gasteiger charge is 2.53. The first kappa shape index (κ1) is 61.1. The minimum absolute atomic E-state index is 0.0193. The van der Waals surface area contributed by atoms with Gasteiger partial charge in [-0.05, 0) is 107 Å². The largest absolute Gasteiger partial charge is 0.481 e. The number of methoxy groups -OCH3 is 3. The zero-order valence-corrected chi connectivity index (χ0v) is 45.2. The fourth-order valence-electron chi connectivity index (χ4n) is 10.1. The van der Waals surface area contributed by atoms with Gasteiger partial charge in [-0.2, -0.15) is 0 Å². The average Bonchev–Trinajstić information content (AvgIpc) is 3.33. The second-order valence-electron chi connectivity index (χ2n) is 20.1. The SMILES string of the molecule is CO[C@H]1C[C@@H]2CC[C@@H](C)[C@@](O)(O2)C(=O)C(=O)N2CCCC[C@H]2C(=O)O[C@H]([C@H](C)C[C@@H]2CC[C@@H](O)[C@H](OC)C2)CC(=O)[C@H](C)/C=C(\C)[C@@H](O)[C@@H](OC)C(=O)[C@H](C)C[C@H](C)/C=C/C=CC=C1C.O=C(O)CI. The van der Waals surface area contributed by atoms with Crippen molar-refractivity contribution in [3.8, 4) is 0 Å². The van der Waals surface area contributed by atoms with Crippen molar-refractivity contribution in [3.63, 3.8) is 0 Å². The molecule has 4 rings (SSSR count). The van der Waals surface area contributed by atoms with Crippen LogP contribution in [0.3, 0.4) is 0 Å². The van der Waals surface area contributed by atoms with E-state index < -0.39 is 89.8 Å². The number of alkyl halides is 1. The number of halogens is 1. The molecule has 15 atom stereocenters. The van der Waals surface area contributed by atoms with Crippen LogP contribution in [-0.2, 0) is 52.5 Å². The first-order chi connectivity index (χ1) is 33.0. The van der Waals surface area contributed by atoms with E-state index in [1.165, 1.54) is 12.0 Å². The summed E-state index contributed by atoms with van der Waals surface area (Å²) in [7, 11) is 4.52. The maximum Gasteiger partial charge on any atom is 0.329 e. The van der Waals surface area contributed by atoms with Crippen LogP contribution in [0.2, 0.25) is 0 Å². The predicted octanol–water partition coefficient (Wildman–Crippen LogP) is 6.69. The molecular formula is C53H82INO15. The van der Waals surface area contributed by atoms with Gasteiger partial charge in [0.25, 0.3) is 11.7 Å². The Bertz CT molecular complexity index is 1880. The lowest BCUT2D eigenvalue weighted by Gasteiger charge is -2.42. The molecule has 0 spiro atoms. The lowest BCUT2D eigenvalue weighted by Crippen LogP contribution is -2.61. The molecule has 3 fully saturated rings. The van der Waals surface area contributed by atoms with Crippen molar-refractivity contribution in [2.45, 2.75) is 180 Å². The van der Waals surface area contributed by atoms with Crippen LogP contribution in [0.25, 0.3) is 0 Å². The number of carbonyl (C=O) groups is 6. The molecule has 0 aromatic carbocycles. The zero-order chi connectivity index (χ0) is 52.5. The fraction of sp³-hybridized carbons (Fsp3) is 0.736. The number of aliphatic hydroxyl groups is 3. The van der Waals surface area contributed by atoms with E-state index >= 15 is 0 Å². The van der Waals surface area contributed by atoms with Gasteiger partial charge in [-0.3, -0.25) is 24.0 Å². The van der Waals surface area contributed by atoms with E-state index in [4.69, 9.17) is 28.8 Å². The Morgan fingerprint density at radius 3 is 2.20 bits per heavy atom. The van der Waals surface area contributed by atoms with Gasteiger partial charge in [0.2, 0.25) is 5.79 Å². The van der Waals surface area contributed by atoms with E-state index in [0.29, 0.717) is 63.4 Å². The molecule has 1 amide bonds. The summed E-state index contributed by atoms with van der Waals surface area (Å²) in [6.45, 7) is 12.7. The Morgan fingerprint density at radius 2 is 1.57 bits per heavy atom. The number of hydrogen-bond acceptors (Lipinski definition) is 14. The maximum absolute atomic E-state index is 14.4. The molecule has 70 heavy (non-hydrogen) atoms. The van der Waals surface area contributed by atoms with Crippen LogP contribution in [0.15, 0.2) is 47.6 Å². The third-order valence-electron chi connectivity index (χ3n) is 14.6. The van der Waals surface area contributed by atoms with E-state index in [9.17, 15) is 44.1 Å². The molecular weight excluding hydrogens is 1020 g/mol. The molecule has 4 aliphatic rings. The molecule has 396 valence electrons. The number of esters is 1. The van der Waals surface area contributed by atoms with Gasteiger partial charge in [0.05, 0.1) is 28.8 Å². The number of amides is 1. The molecule has 1 aliphatic carbocycles. The highest BCUT2D eigenvalue weighted by atomic mass is 127. The molecule has 1 saturated carbocycles. The van der Waals surface area contributed by atoms with E-state index in [0.717, 1.165) is 12.0 Å². The number of piperidine rings is 1. The smallest absolute Gasteiger partial charge is 0.329 e. The van der Waals surface area contributed by atoms with E-state index in [1.54, 1.807) is 63.7 Å². The fourth-order valence-corrected chi connectivity index (χ4v) is 10.1. The van der Waals surface area contributed by atoms with Gasteiger partial charge >= 0.3 is 11.9 Å². The summed E-state index contributed by atoms with van der Waals surface area (Å²) in [5.74, 6) is -8.72. The number of hydrogen-bond donors (Lipinski definition) is 4. The maximum atomic E-state index is 14.4. The van der Waals surface area contributed by atoms with Crippen molar-refractivity contribution in [3.05, 3.63) is 47.6 Å². The van der Waals surface area contributed by atoms with Crippen LogP contribution < -0.4 is 0 Å². The molecule has 3 aliphatic heterocycles. The van der Waals surface area contributed by atoms with Crippen molar-refractivity contribution < 1.29 is 72.9 Å². The number of ketones is 3. The molecule has 3 heterocycles. The van der Waals surface area contributed by atoms with Crippen molar-refractivity contribution in [2.75, 3.05) is 32.3 Å². The number of ether oxygens (including phenoxy) is 5. The summed E-state index contributed by atoms with van der Waals surface area (Å²) in [6, 6.07) is -1.14. The van der Waals surface area contributed by atoms with Gasteiger partial charge < -0.3 is 49.0 Å². The number of Topliss-reactive ketones (excluding diaryl/α,β-unsaturated/α-hetero) is 3. The Labute approximate surface area is 429 Å². The monoisotopic (exact) mass is 1100 g/mol. The van der Waals surface area contributed by atoms with Crippen LogP contribution in [-0.4, -0.2) is 147 Å². The third-order valence-corrected chi connectivity index (χ3v) is 15.2. The minimum Gasteiger partial charge on any atom is -0.481 e. The number of aliphatic hydroxyl groups excluding tert-OH is 2. The topological polar surface area (TPSA) is 233 Å². The average molecular weight is 1100 g/mol. The predicted molar refractivity (Wildman–Crippen MR) is 272 cm³/mol. The van der Waals surface area contributed by atoms with E-state index in [-0.39, 0.29) is 59.2 Å². The molecule has 0 aromatic rings. The summed E-state index contributed by atoms with van der Waals surface area (Å²) in [5, 5.41) is 41.6. The Morgan fingerprint density at radius 1 is 0.886 bits per heavy atom. The molecule has 2 saturated heterocycles. The van der Waals surface area contributed by atoms with Gasteiger partial charge in [-0.25, -0.2) is 4.79 Å². The van der Waals surface area contributed by atoms with Gasteiger partial charge in [0, 0.05) is 58.5 Å². The van der Waals surface area contributed by atoms with Gasteiger partial charge in [-0.15, -0.1) is 0 Å². The van der Waals surface area contributed by atoms with Crippen molar-refractivity contribution in [1.29, 1.82) is 0 Å². The van der Waals surface area contributed by atoms with Gasteiger partial charge in [0.1, 0.15) is 30.1 Å². The normalized spacial score (nSPS) is 36.9. The summed E-state index contributed by atoms with van der Waals surface area (Å²) in [4.78, 5) is 81.1. The second-order valence-corrected chi connectivity index (χ2v) is 20.9. The summed E-state index contributed by atoms with van der Waals surface area (Å²) < 4.78 is 29.6. The quantitative estimate of drug-likeness (QED) is 0.0684.